The predicted molar refractivity (Wildman–Crippen MR) is 103 cm³/mol. The Morgan fingerprint density at radius 3 is 2.46 bits per heavy atom. The first kappa shape index (κ1) is 18.6. The van der Waals surface area contributed by atoms with Crippen molar-refractivity contribution in [1.29, 1.82) is 0 Å². The molecule has 1 fully saturated rings. The zero-order valence-corrected chi connectivity index (χ0v) is 15.6. The fourth-order valence-electron chi connectivity index (χ4n) is 4.03. The van der Waals surface area contributed by atoms with E-state index in [1.54, 1.807) is 0 Å². The van der Waals surface area contributed by atoms with E-state index in [4.69, 9.17) is 0 Å². The Morgan fingerprint density at radius 1 is 1.04 bits per heavy atom. The molecule has 2 aromatic carbocycles. The molecule has 1 saturated carbocycles. The zero-order chi connectivity index (χ0) is 19.5. The highest BCUT2D eigenvalue weighted by Crippen LogP contribution is 2.31. The lowest BCUT2D eigenvalue weighted by atomic mass is 9.80. The van der Waals surface area contributed by atoms with Crippen molar-refractivity contribution in [3.05, 3.63) is 65.5 Å². The summed E-state index contributed by atoms with van der Waals surface area (Å²) >= 11 is 0. The Kier molecular flexibility index (Phi) is 5.37. The molecule has 146 valence electrons. The molecular formula is C22H23F2N3O. The third kappa shape index (κ3) is 4.06. The van der Waals surface area contributed by atoms with E-state index in [0.29, 0.717) is 5.92 Å². The summed E-state index contributed by atoms with van der Waals surface area (Å²) < 4.78 is 27.4. The van der Waals surface area contributed by atoms with Gasteiger partial charge in [0.15, 0.2) is 0 Å². The van der Waals surface area contributed by atoms with Gasteiger partial charge < -0.3 is 10.3 Å². The van der Waals surface area contributed by atoms with E-state index in [1.807, 2.05) is 24.3 Å². The number of H-pyrrole nitrogens is 1. The van der Waals surface area contributed by atoms with Crippen LogP contribution in [0.2, 0.25) is 0 Å². The van der Waals surface area contributed by atoms with Crippen molar-refractivity contribution in [3.8, 4) is 0 Å². The quantitative estimate of drug-likeness (QED) is 0.681. The molecule has 6 heteroatoms. The largest absolute Gasteiger partial charge is 0.352 e. The predicted octanol–water partition coefficient (Wildman–Crippen LogP) is 4.51. The van der Waals surface area contributed by atoms with Crippen LogP contribution in [0.25, 0.3) is 11.0 Å². The van der Waals surface area contributed by atoms with Crippen molar-refractivity contribution in [2.24, 2.45) is 11.8 Å². The molecular weight excluding hydrogens is 360 g/mol. The number of hydrogen-bond acceptors (Lipinski definition) is 2. The standard InChI is InChI=1S/C22H23F2N3O/c23-17-4-3-5-18(24)16(17)13-25-22(28)15-10-8-14(9-11-15)12-21-26-19-6-1-2-7-20(19)27-21/h1-7,14-15H,8-13H2,(H,25,28)(H,26,27). The van der Waals surface area contributed by atoms with E-state index in [-0.39, 0.29) is 23.9 Å². The molecule has 0 unspecified atom stereocenters. The number of imidazole rings is 1. The minimum atomic E-state index is -0.630. The molecule has 0 bridgehead atoms. The number of hydrogen-bond donors (Lipinski definition) is 2. The molecule has 0 aliphatic heterocycles. The maximum absolute atomic E-state index is 13.7. The van der Waals surface area contributed by atoms with E-state index in [1.165, 1.54) is 18.2 Å². The Morgan fingerprint density at radius 2 is 1.75 bits per heavy atom. The van der Waals surface area contributed by atoms with Crippen LogP contribution in [0.4, 0.5) is 8.78 Å². The van der Waals surface area contributed by atoms with Gasteiger partial charge >= 0.3 is 0 Å². The molecule has 1 heterocycles. The molecule has 2 N–H and O–H groups in total. The number of carbonyl (C=O) groups is 1. The third-order valence-corrected chi connectivity index (χ3v) is 5.64. The summed E-state index contributed by atoms with van der Waals surface area (Å²) in [6.07, 6.45) is 4.35. The summed E-state index contributed by atoms with van der Waals surface area (Å²) in [5.41, 5.74) is 1.94. The van der Waals surface area contributed by atoms with E-state index in [9.17, 15) is 13.6 Å². The maximum atomic E-state index is 13.7. The Balaban J connectivity index is 1.28. The lowest BCUT2D eigenvalue weighted by molar-refractivity contribution is -0.126. The fourth-order valence-corrected chi connectivity index (χ4v) is 4.03. The number of halogens is 2. The van der Waals surface area contributed by atoms with Crippen LogP contribution in [0.3, 0.4) is 0 Å². The second kappa shape index (κ2) is 8.09. The fraction of sp³-hybridized carbons (Fsp3) is 0.364. The average molecular weight is 383 g/mol. The third-order valence-electron chi connectivity index (χ3n) is 5.64. The first-order chi connectivity index (χ1) is 13.6. The molecule has 0 saturated heterocycles. The summed E-state index contributed by atoms with van der Waals surface area (Å²) in [7, 11) is 0. The number of fused-ring (bicyclic) bond motifs is 1. The van der Waals surface area contributed by atoms with E-state index in [2.05, 4.69) is 15.3 Å². The number of para-hydroxylation sites is 2. The number of carbonyl (C=O) groups excluding carboxylic acids is 1. The van der Waals surface area contributed by atoms with Gasteiger partial charge in [-0.05, 0) is 55.9 Å². The van der Waals surface area contributed by atoms with Crippen LogP contribution in [0, 0.1) is 23.5 Å². The van der Waals surface area contributed by atoms with Crippen molar-refractivity contribution < 1.29 is 13.6 Å². The molecule has 3 aromatic rings. The molecule has 0 radical (unpaired) electrons. The second-order valence-corrected chi connectivity index (χ2v) is 7.54. The van der Waals surface area contributed by atoms with Gasteiger partial charge in [-0.25, -0.2) is 13.8 Å². The van der Waals surface area contributed by atoms with E-state index in [0.717, 1.165) is 49.0 Å². The highest BCUT2D eigenvalue weighted by atomic mass is 19.1. The number of aromatic nitrogens is 2. The van der Waals surface area contributed by atoms with Gasteiger partial charge in [0.25, 0.3) is 0 Å². The summed E-state index contributed by atoms with van der Waals surface area (Å²) in [6, 6.07) is 11.7. The van der Waals surface area contributed by atoms with E-state index >= 15 is 0 Å². The van der Waals surface area contributed by atoms with Gasteiger partial charge in [0, 0.05) is 24.4 Å². The Bertz CT molecular complexity index is 924. The monoisotopic (exact) mass is 383 g/mol. The lowest BCUT2D eigenvalue weighted by Gasteiger charge is -2.27. The number of amides is 1. The summed E-state index contributed by atoms with van der Waals surface area (Å²) in [4.78, 5) is 20.4. The van der Waals surface area contributed by atoms with Crippen LogP contribution < -0.4 is 5.32 Å². The lowest BCUT2D eigenvalue weighted by Crippen LogP contribution is -2.33. The zero-order valence-electron chi connectivity index (χ0n) is 15.6. The molecule has 0 spiro atoms. The minimum Gasteiger partial charge on any atom is -0.352 e. The van der Waals surface area contributed by atoms with Gasteiger partial charge in [-0.15, -0.1) is 0 Å². The summed E-state index contributed by atoms with van der Waals surface area (Å²) in [6.45, 7) is -0.115. The van der Waals surface area contributed by atoms with Crippen LogP contribution in [-0.2, 0) is 17.8 Å². The van der Waals surface area contributed by atoms with Gasteiger partial charge in [-0.3, -0.25) is 4.79 Å². The van der Waals surface area contributed by atoms with Crippen LogP contribution in [0.1, 0.15) is 37.1 Å². The Labute approximate surface area is 162 Å². The number of benzene rings is 2. The molecule has 1 aromatic heterocycles. The van der Waals surface area contributed by atoms with E-state index < -0.39 is 11.6 Å². The first-order valence-corrected chi connectivity index (χ1v) is 9.74. The maximum Gasteiger partial charge on any atom is 0.223 e. The van der Waals surface area contributed by atoms with Crippen LogP contribution >= 0.6 is 0 Å². The number of aromatic amines is 1. The smallest absolute Gasteiger partial charge is 0.223 e. The van der Waals surface area contributed by atoms with Crippen molar-refractivity contribution in [2.45, 2.75) is 38.6 Å². The number of nitrogens with zero attached hydrogens (tertiary/aromatic N) is 1. The molecule has 0 atom stereocenters. The van der Waals surface area contributed by atoms with Gasteiger partial charge in [0.2, 0.25) is 5.91 Å². The molecule has 1 amide bonds. The van der Waals surface area contributed by atoms with Gasteiger partial charge in [-0.1, -0.05) is 18.2 Å². The second-order valence-electron chi connectivity index (χ2n) is 7.54. The van der Waals surface area contributed by atoms with Crippen molar-refractivity contribution in [2.75, 3.05) is 0 Å². The average Bonchev–Trinajstić information content (AvgIpc) is 3.10. The van der Waals surface area contributed by atoms with Gasteiger partial charge in [0.05, 0.1) is 11.0 Å². The Hall–Kier alpha value is -2.76. The highest BCUT2D eigenvalue weighted by molar-refractivity contribution is 5.78. The van der Waals surface area contributed by atoms with Gasteiger partial charge in [0.1, 0.15) is 17.5 Å². The van der Waals surface area contributed by atoms with Crippen molar-refractivity contribution in [1.82, 2.24) is 15.3 Å². The van der Waals surface area contributed by atoms with Crippen molar-refractivity contribution >= 4 is 16.9 Å². The SMILES string of the molecule is O=C(NCc1c(F)cccc1F)C1CCC(Cc2nc3ccccc3[nH]2)CC1. The normalized spacial score (nSPS) is 19.6. The number of nitrogens with one attached hydrogen (secondary N) is 2. The minimum absolute atomic E-state index is 0.0885. The molecule has 1 aliphatic rings. The summed E-state index contributed by atoms with van der Waals surface area (Å²) in [5.74, 6) is 0.00837. The van der Waals surface area contributed by atoms with Gasteiger partial charge in [-0.2, -0.15) is 0 Å². The topological polar surface area (TPSA) is 57.8 Å². The molecule has 1 aliphatic carbocycles. The summed E-state index contributed by atoms with van der Waals surface area (Å²) in [5, 5.41) is 2.70. The first-order valence-electron chi connectivity index (χ1n) is 9.74. The number of rotatable bonds is 5. The highest BCUT2D eigenvalue weighted by Gasteiger charge is 2.27. The van der Waals surface area contributed by atoms with Crippen LogP contribution in [-0.4, -0.2) is 15.9 Å². The molecule has 4 nitrogen and oxygen atoms in total. The molecule has 28 heavy (non-hydrogen) atoms. The van der Waals surface area contributed by atoms with Crippen LogP contribution in [0.5, 0.6) is 0 Å². The van der Waals surface area contributed by atoms with Crippen molar-refractivity contribution in [3.63, 3.8) is 0 Å². The molecule has 4 rings (SSSR count). The van der Waals surface area contributed by atoms with Crippen LogP contribution in [0.15, 0.2) is 42.5 Å².